The molecule has 2 aromatic carbocycles. The number of pyridine rings is 1. The number of aliphatic hydroxyl groups is 2. The molecule has 0 aliphatic carbocycles. The van der Waals surface area contributed by atoms with Gasteiger partial charge >= 0.3 is 6.18 Å². The highest BCUT2D eigenvalue weighted by atomic mass is 19.4. The van der Waals surface area contributed by atoms with Crippen LogP contribution in [0.25, 0.3) is 33.4 Å². The van der Waals surface area contributed by atoms with Gasteiger partial charge in [0.25, 0.3) is 0 Å². The quantitative estimate of drug-likeness (QED) is 0.264. The number of alkyl halides is 3. The van der Waals surface area contributed by atoms with E-state index in [9.17, 15) is 27.8 Å². The Morgan fingerprint density at radius 2 is 1.64 bits per heavy atom. The maximum atomic E-state index is 15.4. The number of rotatable bonds is 6. The van der Waals surface area contributed by atoms with Crippen molar-refractivity contribution in [2.75, 3.05) is 0 Å². The van der Waals surface area contributed by atoms with Crippen molar-refractivity contribution < 1.29 is 32.2 Å². The van der Waals surface area contributed by atoms with Gasteiger partial charge in [-0.2, -0.15) is 18.3 Å². The number of halogens is 5. The van der Waals surface area contributed by atoms with Gasteiger partial charge in [-0.15, -0.1) is 5.10 Å². The second-order valence-corrected chi connectivity index (χ2v) is 9.61. The molecule has 0 amide bonds. The Hall–Kier alpha value is -4.23. The van der Waals surface area contributed by atoms with Gasteiger partial charge in [0.2, 0.25) is 5.60 Å². The molecular formula is C26H21F5N6O2. The van der Waals surface area contributed by atoms with E-state index in [1.807, 2.05) is 0 Å². The van der Waals surface area contributed by atoms with E-state index in [4.69, 9.17) is 0 Å². The summed E-state index contributed by atoms with van der Waals surface area (Å²) in [5, 5.41) is 36.8. The van der Waals surface area contributed by atoms with Gasteiger partial charge in [-0.1, -0.05) is 11.3 Å². The zero-order chi connectivity index (χ0) is 28.2. The molecule has 13 heteroatoms. The zero-order valence-electron chi connectivity index (χ0n) is 20.5. The number of fused-ring (bicyclic) bond motifs is 1. The SMILES string of the molecule is CC(C)(O)c1cc([C@@](O)(Cn2cc(-c3ccc4[nH]ncc4c3)nn2)C(F)(F)F)nc(-c2ccc(F)cc2)c1F. The van der Waals surface area contributed by atoms with Gasteiger partial charge in [0.05, 0.1) is 35.8 Å². The first kappa shape index (κ1) is 26.4. The highest BCUT2D eigenvalue weighted by molar-refractivity contribution is 5.83. The molecule has 39 heavy (non-hydrogen) atoms. The van der Waals surface area contributed by atoms with E-state index in [-0.39, 0.29) is 11.3 Å². The summed E-state index contributed by atoms with van der Waals surface area (Å²) in [6.45, 7) is 1.18. The Kier molecular flexibility index (Phi) is 6.23. The van der Waals surface area contributed by atoms with E-state index in [0.717, 1.165) is 39.9 Å². The molecule has 0 saturated carbocycles. The van der Waals surface area contributed by atoms with Crippen molar-refractivity contribution in [2.45, 2.75) is 37.8 Å². The lowest BCUT2D eigenvalue weighted by atomic mass is 9.90. The molecule has 202 valence electrons. The molecule has 0 saturated heterocycles. The molecule has 1 atom stereocenters. The van der Waals surface area contributed by atoms with Gasteiger partial charge in [-0.05, 0) is 56.3 Å². The van der Waals surface area contributed by atoms with Crippen molar-refractivity contribution in [3.8, 4) is 22.5 Å². The third kappa shape index (κ3) is 4.86. The number of hydrogen-bond acceptors (Lipinski definition) is 6. The van der Waals surface area contributed by atoms with E-state index < -0.39 is 52.5 Å². The number of nitrogens with one attached hydrogen (secondary N) is 1. The topological polar surface area (TPSA) is 113 Å². The van der Waals surface area contributed by atoms with Crippen LogP contribution in [0, 0.1) is 11.6 Å². The summed E-state index contributed by atoms with van der Waals surface area (Å²) < 4.78 is 73.2. The lowest BCUT2D eigenvalue weighted by Crippen LogP contribution is -2.47. The third-order valence-electron chi connectivity index (χ3n) is 6.29. The average molecular weight is 544 g/mol. The van der Waals surface area contributed by atoms with E-state index in [2.05, 4.69) is 25.5 Å². The van der Waals surface area contributed by atoms with Crippen molar-refractivity contribution in [1.82, 2.24) is 30.2 Å². The highest BCUT2D eigenvalue weighted by Crippen LogP contribution is 2.42. The predicted molar refractivity (Wildman–Crippen MR) is 130 cm³/mol. The largest absolute Gasteiger partial charge is 0.424 e. The Morgan fingerprint density at radius 1 is 0.949 bits per heavy atom. The van der Waals surface area contributed by atoms with Gasteiger partial charge in [0, 0.05) is 22.1 Å². The van der Waals surface area contributed by atoms with Crippen LogP contribution in [0.1, 0.15) is 25.1 Å². The lowest BCUT2D eigenvalue weighted by Gasteiger charge is -2.31. The fourth-order valence-electron chi connectivity index (χ4n) is 4.15. The summed E-state index contributed by atoms with van der Waals surface area (Å²) >= 11 is 0. The summed E-state index contributed by atoms with van der Waals surface area (Å²) in [6, 6.07) is 10.0. The van der Waals surface area contributed by atoms with Crippen LogP contribution in [0.4, 0.5) is 22.0 Å². The van der Waals surface area contributed by atoms with Gasteiger partial charge in [-0.25, -0.2) is 18.4 Å². The molecule has 0 aliphatic heterocycles. The first-order valence-electron chi connectivity index (χ1n) is 11.6. The van der Waals surface area contributed by atoms with Crippen molar-refractivity contribution in [3.05, 3.63) is 83.8 Å². The first-order chi connectivity index (χ1) is 18.3. The summed E-state index contributed by atoms with van der Waals surface area (Å²) in [6.07, 6.45) is -2.51. The maximum absolute atomic E-state index is 15.4. The smallest absolute Gasteiger partial charge is 0.386 e. The molecular weight excluding hydrogens is 523 g/mol. The summed E-state index contributed by atoms with van der Waals surface area (Å²) in [4.78, 5) is 3.82. The fraction of sp³-hybridized carbons (Fsp3) is 0.231. The minimum Gasteiger partial charge on any atom is -0.386 e. The second-order valence-electron chi connectivity index (χ2n) is 9.61. The van der Waals surface area contributed by atoms with Crippen LogP contribution in [-0.4, -0.2) is 46.6 Å². The molecule has 5 rings (SSSR count). The number of aromatic amines is 1. The predicted octanol–water partition coefficient (Wildman–Crippen LogP) is 4.84. The van der Waals surface area contributed by atoms with E-state index in [0.29, 0.717) is 11.6 Å². The van der Waals surface area contributed by atoms with Gasteiger partial charge < -0.3 is 10.2 Å². The minimum absolute atomic E-state index is 0.0524. The highest BCUT2D eigenvalue weighted by Gasteiger charge is 2.57. The van der Waals surface area contributed by atoms with Gasteiger partial charge in [-0.3, -0.25) is 5.10 Å². The molecule has 3 N–H and O–H groups in total. The Morgan fingerprint density at radius 3 is 2.31 bits per heavy atom. The number of H-pyrrole nitrogens is 1. The molecule has 0 unspecified atom stereocenters. The molecule has 0 fully saturated rings. The van der Waals surface area contributed by atoms with E-state index in [1.165, 1.54) is 20.0 Å². The number of benzene rings is 2. The van der Waals surface area contributed by atoms with Crippen LogP contribution in [0.2, 0.25) is 0 Å². The van der Waals surface area contributed by atoms with Crippen molar-refractivity contribution in [1.29, 1.82) is 0 Å². The lowest BCUT2D eigenvalue weighted by molar-refractivity contribution is -0.274. The fourth-order valence-corrected chi connectivity index (χ4v) is 4.15. The summed E-state index contributed by atoms with van der Waals surface area (Å²) in [7, 11) is 0. The third-order valence-corrected chi connectivity index (χ3v) is 6.29. The Labute approximate surface area is 217 Å². The summed E-state index contributed by atoms with van der Waals surface area (Å²) in [5.74, 6) is -1.77. The van der Waals surface area contributed by atoms with Crippen molar-refractivity contribution >= 4 is 10.9 Å². The van der Waals surface area contributed by atoms with Gasteiger partial charge in [0.1, 0.15) is 17.2 Å². The molecule has 3 heterocycles. The second kappa shape index (κ2) is 9.20. The van der Waals surface area contributed by atoms with Crippen LogP contribution >= 0.6 is 0 Å². The average Bonchev–Trinajstić information content (AvgIpc) is 3.52. The molecule has 0 aliphatic rings. The van der Waals surface area contributed by atoms with Gasteiger partial charge in [0.15, 0.2) is 5.82 Å². The molecule has 0 bridgehead atoms. The minimum atomic E-state index is -5.31. The Bertz CT molecular complexity index is 1660. The maximum Gasteiger partial charge on any atom is 0.424 e. The molecule has 3 aromatic heterocycles. The molecule has 0 spiro atoms. The van der Waals surface area contributed by atoms with Crippen LogP contribution in [0.3, 0.4) is 0 Å². The Balaban J connectivity index is 1.61. The zero-order valence-corrected chi connectivity index (χ0v) is 20.5. The van der Waals surface area contributed by atoms with Crippen LogP contribution in [-0.2, 0) is 17.7 Å². The molecule has 8 nitrogen and oxygen atoms in total. The standard InChI is InChI=1S/C26H21F5N6O2/c1-24(2,38)18-10-21(33-23(22(18)28)14-3-6-17(27)7-4-14)25(39,26(29,30)31)13-37-12-20(35-36-37)15-5-8-19-16(9-15)11-32-34-19/h3-12,38-39H,13H2,1-2H3,(H,32,34)/t25-/m0/s1. The number of nitrogens with zero attached hydrogens (tertiary/aromatic N) is 5. The monoisotopic (exact) mass is 544 g/mol. The van der Waals surface area contributed by atoms with Crippen LogP contribution in [0.15, 0.2) is 60.9 Å². The van der Waals surface area contributed by atoms with Crippen LogP contribution < -0.4 is 0 Å². The van der Waals surface area contributed by atoms with Crippen molar-refractivity contribution in [2.24, 2.45) is 0 Å². The molecule has 0 radical (unpaired) electrons. The normalized spacial score (nSPS) is 14.1. The first-order valence-corrected chi connectivity index (χ1v) is 11.6. The number of hydrogen-bond donors (Lipinski definition) is 3. The van der Waals surface area contributed by atoms with E-state index >= 15 is 4.39 Å². The van der Waals surface area contributed by atoms with Crippen LogP contribution in [0.5, 0.6) is 0 Å². The molecule has 5 aromatic rings. The van der Waals surface area contributed by atoms with Crippen molar-refractivity contribution in [3.63, 3.8) is 0 Å². The summed E-state index contributed by atoms with van der Waals surface area (Å²) in [5.41, 5.74) is -6.26. The van der Waals surface area contributed by atoms with E-state index in [1.54, 1.807) is 24.4 Å². The number of aromatic nitrogens is 6.